The van der Waals surface area contributed by atoms with Gasteiger partial charge in [0.15, 0.2) is 0 Å². The highest BCUT2D eigenvalue weighted by molar-refractivity contribution is 5.17. The molecule has 1 aromatic carbocycles. The quantitative estimate of drug-likeness (QED) is 0.911. The predicted molar refractivity (Wildman–Crippen MR) is 82.5 cm³/mol. The van der Waals surface area contributed by atoms with Gasteiger partial charge in [-0.1, -0.05) is 50.1 Å². The Morgan fingerprint density at radius 2 is 1.70 bits per heavy atom. The van der Waals surface area contributed by atoms with Crippen LogP contribution in [0.25, 0.3) is 0 Å². The molecule has 3 unspecified atom stereocenters. The number of hydrogen-bond acceptors (Lipinski definition) is 2. The van der Waals surface area contributed by atoms with Gasteiger partial charge in [0, 0.05) is 19.6 Å². The van der Waals surface area contributed by atoms with E-state index in [1.807, 2.05) is 30.3 Å². The van der Waals surface area contributed by atoms with Crippen LogP contribution in [-0.4, -0.2) is 29.6 Å². The summed E-state index contributed by atoms with van der Waals surface area (Å²) in [6, 6.07) is 10.1. The van der Waals surface area contributed by atoms with Crippen LogP contribution >= 0.6 is 0 Å². The molecule has 2 fully saturated rings. The Morgan fingerprint density at radius 3 is 2.30 bits per heavy atom. The fourth-order valence-corrected chi connectivity index (χ4v) is 4.15. The highest BCUT2D eigenvalue weighted by atomic mass is 16.3. The van der Waals surface area contributed by atoms with Crippen molar-refractivity contribution in [2.45, 2.75) is 38.7 Å². The molecule has 0 radical (unpaired) electrons. The van der Waals surface area contributed by atoms with Crippen molar-refractivity contribution in [1.29, 1.82) is 0 Å². The van der Waals surface area contributed by atoms with E-state index in [-0.39, 0.29) is 6.10 Å². The van der Waals surface area contributed by atoms with Crippen molar-refractivity contribution in [3.05, 3.63) is 35.9 Å². The second kappa shape index (κ2) is 6.28. The minimum Gasteiger partial charge on any atom is -0.387 e. The number of benzene rings is 1. The van der Waals surface area contributed by atoms with E-state index in [1.165, 1.54) is 38.8 Å². The molecule has 2 nitrogen and oxygen atoms in total. The zero-order valence-corrected chi connectivity index (χ0v) is 12.5. The maximum atomic E-state index is 10.4. The van der Waals surface area contributed by atoms with Gasteiger partial charge >= 0.3 is 0 Å². The largest absolute Gasteiger partial charge is 0.387 e. The molecule has 1 heterocycles. The summed E-state index contributed by atoms with van der Waals surface area (Å²) in [7, 11) is 0. The van der Waals surface area contributed by atoms with Crippen molar-refractivity contribution in [2.75, 3.05) is 19.6 Å². The van der Waals surface area contributed by atoms with Crippen molar-refractivity contribution in [3.63, 3.8) is 0 Å². The van der Waals surface area contributed by atoms with Gasteiger partial charge in [0.2, 0.25) is 0 Å². The molecule has 1 saturated carbocycles. The Bertz CT molecular complexity index is 403. The maximum Gasteiger partial charge on any atom is 0.0916 e. The Labute approximate surface area is 122 Å². The van der Waals surface area contributed by atoms with Gasteiger partial charge < -0.3 is 5.11 Å². The number of piperidine rings is 1. The van der Waals surface area contributed by atoms with Gasteiger partial charge in [-0.15, -0.1) is 0 Å². The number of rotatable bonds is 3. The molecule has 3 atom stereocenters. The first-order valence-corrected chi connectivity index (χ1v) is 8.19. The van der Waals surface area contributed by atoms with Crippen LogP contribution < -0.4 is 0 Å². The van der Waals surface area contributed by atoms with E-state index < -0.39 is 0 Å². The van der Waals surface area contributed by atoms with Crippen LogP contribution in [0.15, 0.2) is 30.3 Å². The molecule has 3 rings (SSSR count). The van der Waals surface area contributed by atoms with Crippen LogP contribution in [0.1, 0.15) is 44.3 Å². The van der Waals surface area contributed by atoms with Gasteiger partial charge in [-0.2, -0.15) is 0 Å². The van der Waals surface area contributed by atoms with Crippen LogP contribution in [0, 0.1) is 17.8 Å². The average molecular weight is 273 g/mol. The van der Waals surface area contributed by atoms with E-state index in [0.29, 0.717) is 0 Å². The van der Waals surface area contributed by atoms with Crippen molar-refractivity contribution in [2.24, 2.45) is 17.8 Å². The lowest BCUT2D eigenvalue weighted by Crippen LogP contribution is -2.46. The molecule has 2 bridgehead atoms. The zero-order valence-electron chi connectivity index (χ0n) is 12.5. The number of aliphatic hydroxyl groups excluding tert-OH is 1. The third kappa shape index (κ3) is 3.07. The monoisotopic (exact) mass is 273 g/mol. The molecule has 1 saturated heterocycles. The van der Waals surface area contributed by atoms with Gasteiger partial charge in [-0.25, -0.2) is 0 Å². The third-order valence-electron chi connectivity index (χ3n) is 5.49. The topological polar surface area (TPSA) is 23.5 Å². The first-order chi connectivity index (χ1) is 9.74. The molecule has 0 amide bonds. The second-order valence-electron chi connectivity index (χ2n) is 6.81. The molecular formula is C18H27NO. The fraction of sp³-hybridized carbons (Fsp3) is 0.667. The van der Waals surface area contributed by atoms with Crippen molar-refractivity contribution >= 4 is 0 Å². The summed E-state index contributed by atoms with van der Waals surface area (Å²) in [4.78, 5) is 2.51. The Balaban J connectivity index is 1.64. The van der Waals surface area contributed by atoms with E-state index >= 15 is 0 Å². The summed E-state index contributed by atoms with van der Waals surface area (Å²) in [5.41, 5.74) is 1.05. The number of hydrogen-bond donors (Lipinski definition) is 1. The highest BCUT2D eigenvalue weighted by Gasteiger charge is 2.35. The average Bonchev–Trinajstić information content (AvgIpc) is 2.58. The number of nitrogens with zero attached hydrogens (tertiary/aromatic N) is 1. The molecular weight excluding hydrogens is 246 g/mol. The molecule has 110 valence electrons. The molecule has 1 aliphatic heterocycles. The molecule has 1 aliphatic carbocycles. The van der Waals surface area contributed by atoms with E-state index in [0.717, 1.165) is 29.9 Å². The Hall–Kier alpha value is -0.860. The van der Waals surface area contributed by atoms with E-state index in [2.05, 4.69) is 11.8 Å². The lowest BCUT2D eigenvalue weighted by molar-refractivity contribution is 0.0343. The fourth-order valence-electron chi connectivity index (χ4n) is 4.15. The van der Waals surface area contributed by atoms with Gasteiger partial charge in [-0.05, 0) is 36.2 Å². The summed E-state index contributed by atoms with van der Waals surface area (Å²) >= 11 is 0. The molecule has 0 spiro atoms. The number of β-amino-alcohol motifs (C(OH)–C–C–N with tert-alkyl or cyclic N) is 1. The Morgan fingerprint density at radius 1 is 1.10 bits per heavy atom. The van der Waals surface area contributed by atoms with Gasteiger partial charge in [-0.3, -0.25) is 4.90 Å². The summed E-state index contributed by atoms with van der Waals surface area (Å²) < 4.78 is 0. The van der Waals surface area contributed by atoms with E-state index in [9.17, 15) is 5.11 Å². The van der Waals surface area contributed by atoms with Crippen molar-refractivity contribution in [3.8, 4) is 0 Å². The van der Waals surface area contributed by atoms with Gasteiger partial charge in [0.25, 0.3) is 0 Å². The zero-order chi connectivity index (χ0) is 13.9. The molecule has 1 N–H and O–H groups in total. The van der Waals surface area contributed by atoms with E-state index in [4.69, 9.17) is 0 Å². The maximum absolute atomic E-state index is 10.4. The summed E-state index contributed by atoms with van der Waals surface area (Å²) in [6.07, 6.45) is 5.23. The van der Waals surface area contributed by atoms with Crippen LogP contribution in [0.4, 0.5) is 0 Å². The lowest BCUT2D eigenvalue weighted by Gasteiger charge is -2.42. The predicted octanol–water partition coefficient (Wildman–Crippen LogP) is 3.48. The number of fused-ring (bicyclic) bond motifs is 2. The van der Waals surface area contributed by atoms with Crippen LogP contribution in [0.5, 0.6) is 0 Å². The van der Waals surface area contributed by atoms with Crippen molar-refractivity contribution < 1.29 is 5.11 Å². The third-order valence-corrected chi connectivity index (χ3v) is 5.49. The highest BCUT2D eigenvalue weighted by Crippen LogP contribution is 2.38. The molecule has 20 heavy (non-hydrogen) atoms. The van der Waals surface area contributed by atoms with Gasteiger partial charge in [0.05, 0.1) is 6.10 Å². The second-order valence-corrected chi connectivity index (χ2v) is 6.81. The first kappa shape index (κ1) is 14.1. The van der Waals surface area contributed by atoms with E-state index in [1.54, 1.807) is 0 Å². The molecule has 0 aromatic heterocycles. The molecule has 2 aliphatic rings. The minimum atomic E-state index is -0.341. The van der Waals surface area contributed by atoms with Crippen LogP contribution in [0.3, 0.4) is 0 Å². The number of likely N-dealkylation sites (tertiary alicyclic amines) is 1. The number of aliphatic hydroxyl groups is 1. The van der Waals surface area contributed by atoms with Crippen molar-refractivity contribution in [1.82, 2.24) is 4.90 Å². The lowest BCUT2D eigenvalue weighted by atomic mass is 9.78. The standard InChI is InChI=1S/C18H27NO/c1-14-16-9-5-6-10-17(14)12-19(11-16)13-18(20)15-7-3-2-4-8-15/h2-4,7-8,14,16-18,20H,5-6,9-13H2,1H3. The summed E-state index contributed by atoms with van der Waals surface area (Å²) in [5.74, 6) is 2.57. The molecule has 2 heteroatoms. The first-order valence-electron chi connectivity index (χ1n) is 8.19. The minimum absolute atomic E-state index is 0.341. The summed E-state index contributed by atoms with van der Waals surface area (Å²) in [6.45, 7) is 5.61. The van der Waals surface area contributed by atoms with Crippen LogP contribution in [-0.2, 0) is 0 Å². The SMILES string of the molecule is CC1C2CCCCC1CN(CC(O)c1ccccc1)C2. The summed E-state index contributed by atoms with van der Waals surface area (Å²) in [5, 5.41) is 10.4. The van der Waals surface area contributed by atoms with Crippen LogP contribution in [0.2, 0.25) is 0 Å². The molecule has 1 aromatic rings. The van der Waals surface area contributed by atoms with Gasteiger partial charge in [0.1, 0.15) is 0 Å². The normalized spacial score (nSPS) is 32.6. The smallest absolute Gasteiger partial charge is 0.0916 e. The Kier molecular flexibility index (Phi) is 4.42.